The average molecular weight is 308 g/mol. The highest BCUT2D eigenvalue weighted by atomic mass is 15.3. The first kappa shape index (κ1) is 15.0. The summed E-state index contributed by atoms with van der Waals surface area (Å²) in [4.78, 5) is 3.97. The Labute approximate surface area is 134 Å². The Bertz CT molecular complexity index is 905. The summed E-state index contributed by atoms with van der Waals surface area (Å²) in [6, 6.07) is 8.29. The van der Waals surface area contributed by atoms with Crippen molar-refractivity contribution in [2.24, 2.45) is 0 Å². The van der Waals surface area contributed by atoms with Crippen molar-refractivity contribution in [3.8, 4) is 0 Å². The highest BCUT2D eigenvalue weighted by molar-refractivity contribution is 5.64. The Morgan fingerprint density at radius 1 is 1.39 bits per heavy atom. The Kier molecular flexibility index (Phi) is 4.23. The van der Waals surface area contributed by atoms with Gasteiger partial charge >= 0.3 is 0 Å². The predicted molar refractivity (Wildman–Crippen MR) is 91.0 cm³/mol. The number of H-pyrrole nitrogens is 1. The number of benzene rings is 1. The van der Waals surface area contributed by atoms with E-state index in [9.17, 15) is 0 Å². The number of nitrogens with zero attached hydrogens (tertiary/aromatic N) is 4. The zero-order chi connectivity index (χ0) is 16.2. The molecule has 0 saturated carbocycles. The largest absolute Gasteiger partial charge is 0.359 e. The molecule has 0 fully saturated rings. The molecule has 0 aliphatic heterocycles. The Morgan fingerprint density at radius 3 is 3.00 bits per heavy atom. The molecule has 2 aromatic heterocycles. The minimum atomic E-state index is 0.702. The van der Waals surface area contributed by atoms with Gasteiger partial charge in [0, 0.05) is 16.6 Å². The molecule has 0 saturated heterocycles. The lowest BCUT2D eigenvalue weighted by Gasteiger charge is -2.09. The van der Waals surface area contributed by atoms with Crippen LogP contribution in [-0.2, 0) is 6.54 Å². The molecule has 0 atom stereocenters. The van der Waals surface area contributed by atoms with Crippen LogP contribution in [0.25, 0.3) is 11.8 Å². The maximum Gasteiger partial charge on any atom is 0.137 e. The summed E-state index contributed by atoms with van der Waals surface area (Å²) < 4.78 is 1.81. The molecule has 0 aliphatic rings. The molecule has 3 rings (SSSR count). The number of rotatable bonds is 4. The second-order valence-corrected chi connectivity index (χ2v) is 5.43. The van der Waals surface area contributed by atoms with Gasteiger partial charge in [0.25, 0.3) is 0 Å². The van der Waals surface area contributed by atoms with E-state index in [-0.39, 0.29) is 0 Å². The molecular formula is C17H20N6. The van der Waals surface area contributed by atoms with Gasteiger partial charge in [-0.25, -0.2) is 9.67 Å². The summed E-state index contributed by atoms with van der Waals surface area (Å²) in [5, 5.41) is 17.1. The van der Waals surface area contributed by atoms with E-state index in [1.807, 2.05) is 26.0 Å². The van der Waals surface area contributed by atoms with Crippen LogP contribution in [-0.4, -0.2) is 25.0 Å². The fourth-order valence-electron chi connectivity index (χ4n) is 2.66. The predicted octanol–water partition coefficient (Wildman–Crippen LogP) is 1.40. The molecule has 0 aliphatic carbocycles. The highest BCUT2D eigenvalue weighted by Crippen LogP contribution is 2.13. The first-order chi connectivity index (χ1) is 11.2. The van der Waals surface area contributed by atoms with E-state index < -0.39 is 0 Å². The monoisotopic (exact) mass is 308 g/mol. The van der Waals surface area contributed by atoms with Crippen molar-refractivity contribution in [1.82, 2.24) is 25.0 Å². The van der Waals surface area contributed by atoms with E-state index in [2.05, 4.69) is 50.7 Å². The van der Waals surface area contributed by atoms with E-state index >= 15 is 0 Å². The van der Waals surface area contributed by atoms with Crippen LogP contribution < -0.4 is 15.9 Å². The fourth-order valence-corrected chi connectivity index (χ4v) is 2.66. The van der Waals surface area contributed by atoms with Crippen LogP contribution in [0.1, 0.15) is 25.1 Å². The zero-order valence-corrected chi connectivity index (χ0v) is 13.5. The van der Waals surface area contributed by atoms with Crippen LogP contribution >= 0.6 is 0 Å². The maximum atomic E-state index is 4.28. The quantitative estimate of drug-likeness (QED) is 0.764. The summed E-state index contributed by atoms with van der Waals surface area (Å²) >= 11 is 0. The Hall–Kier alpha value is -2.89. The topological polar surface area (TPSA) is 71.4 Å². The van der Waals surface area contributed by atoms with Crippen molar-refractivity contribution >= 4 is 17.5 Å². The number of aromatic nitrogens is 5. The van der Waals surface area contributed by atoms with Crippen LogP contribution in [0.5, 0.6) is 0 Å². The lowest BCUT2D eigenvalue weighted by molar-refractivity contribution is 0.685. The zero-order valence-electron chi connectivity index (χ0n) is 13.5. The molecule has 6 nitrogen and oxygen atoms in total. The van der Waals surface area contributed by atoms with Gasteiger partial charge in [-0.1, -0.05) is 18.2 Å². The third-order valence-corrected chi connectivity index (χ3v) is 3.71. The van der Waals surface area contributed by atoms with Gasteiger partial charge in [-0.3, -0.25) is 5.10 Å². The molecule has 6 heteroatoms. The van der Waals surface area contributed by atoms with Crippen molar-refractivity contribution in [2.45, 2.75) is 27.3 Å². The lowest BCUT2D eigenvalue weighted by Crippen LogP contribution is -2.28. The number of hydrogen-bond donors (Lipinski definition) is 2. The molecule has 0 unspecified atom stereocenters. The van der Waals surface area contributed by atoms with Crippen molar-refractivity contribution in [3.63, 3.8) is 0 Å². The van der Waals surface area contributed by atoms with Crippen LogP contribution in [0.2, 0.25) is 0 Å². The van der Waals surface area contributed by atoms with E-state index in [1.165, 1.54) is 5.56 Å². The summed E-state index contributed by atoms with van der Waals surface area (Å²) in [5.74, 6) is 0. The molecule has 0 amide bonds. The maximum absolute atomic E-state index is 4.28. The Morgan fingerprint density at radius 2 is 2.26 bits per heavy atom. The van der Waals surface area contributed by atoms with E-state index in [0.29, 0.717) is 6.54 Å². The summed E-state index contributed by atoms with van der Waals surface area (Å²) in [5.41, 5.74) is 4.27. The third-order valence-electron chi connectivity index (χ3n) is 3.71. The van der Waals surface area contributed by atoms with Crippen LogP contribution in [0.3, 0.4) is 0 Å². The van der Waals surface area contributed by atoms with Gasteiger partial charge in [-0.05, 0) is 38.5 Å². The second kappa shape index (κ2) is 6.48. The molecule has 2 heterocycles. The molecule has 23 heavy (non-hydrogen) atoms. The smallest absolute Gasteiger partial charge is 0.137 e. The molecule has 2 N–H and O–H groups in total. The van der Waals surface area contributed by atoms with Crippen molar-refractivity contribution in [1.29, 1.82) is 0 Å². The van der Waals surface area contributed by atoms with E-state index in [4.69, 9.17) is 0 Å². The lowest BCUT2D eigenvalue weighted by atomic mass is 10.2. The van der Waals surface area contributed by atoms with Gasteiger partial charge in [0.15, 0.2) is 0 Å². The standard InChI is InChI=1S/C17H20N6/c1-4-16-17(13(3)21-22-16)12(2)20-15-7-5-6-14(8-15)9-23-11-18-10-19-23/h4-8,10-11,20,22H,9H2,1-3H3/b16-4+,17-12+. The number of hydrogen-bond acceptors (Lipinski definition) is 4. The molecule has 0 radical (unpaired) electrons. The normalized spacial score (nSPS) is 13.3. The van der Waals surface area contributed by atoms with Crippen LogP contribution in [0.15, 0.2) is 36.9 Å². The summed E-state index contributed by atoms with van der Waals surface area (Å²) in [6.45, 7) is 6.77. The van der Waals surface area contributed by atoms with Gasteiger partial charge in [0.2, 0.25) is 0 Å². The fraction of sp³-hybridized carbons (Fsp3) is 0.235. The molecule has 118 valence electrons. The number of aromatic amines is 1. The van der Waals surface area contributed by atoms with Gasteiger partial charge in [0.05, 0.1) is 17.6 Å². The SMILES string of the molecule is C/C=c1/[nH]nc(C)/c1=C(/C)Nc1cccc(Cn2cncn2)c1. The van der Waals surface area contributed by atoms with Crippen LogP contribution in [0.4, 0.5) is 5.69 Å². The third kappa shape index (κ3) is 3.31. The number of anilines is 1. The minimum absolute atomic E-state index is 0.702. The first-order valence-corrected chi connectivity index (χ1v) is 7.54. The summed E-state index contributed by atoms with van der Waals surface area (Å²) in [7, 11) is 0. The molecule has 0 spiro atoms. The second-order valence-electron chi connectivity index (χ2n) is 5.43. The van der Waals surface area contributed by atoms with Crippen molar-refractivity contribution in [3.05, 3.63) is 58.7 Å². The van der Waals surface area contributed by atoms with Gasteiger partial charge in [-0.2, -0.15) is 10.2 Å². The molecule has 0 bridgehead atoms. The number of nitrogens with one attached hydrogen (secondary N) is 2. The summed E-state index contributed by atoms with van der Waals surface area (Å²) in [6.07, 6.45) is 5.29. The van der Waals surface area contributed by atoms with Crippen molar-refractivity contribution in [2.75, 3.05) is 5.32 Å². The molecule has 1 aromatic carbocycles. The average Bonchev–Trinajstić information content (AvgIpc) is 3.16. The minimum Gasteiger partial charge on any atom is -0.359 e. The van der Waals surface area contributed by atoms with Crippen molar-refractivity contribution < 1.29 is 0 Å². The number of aryl methyl sites for hydroxylation is 1. The molecular weight excluding hydrogens is 288 g/mol. The molecule has 3 aromatic rings. The van der Waals surface area contributed by atoms with Gasteiger partial charge in [0.1, 0.15) is 12.7 Å². The first-order valence-electron chi connectivity index (χ1n) is 7.54. The van der Waals surface area contributed by atoms with Gasteiger partial charge < -0.3 is 5.32 Å². The van der Waals surface area contributed by atoms with E-state index in [1.54, 1.807) is 17.3 Å². The van der Waals surface area contributed by atoms with Crippen LogP contribution in [0, 0.1) is 6.92 Å². The Balaban J connectivity index is 1.90. The van der Waals surface area contributed by atoms with Gasteiger partial charge in [-0.15, -0.1) is 0 Å². The van der Waals surface area contributed by atoms with E-state index in [0.717, 1.165) is 27.6 Å². The highest BCUT2D eigenvalue weighted by Gasteiger charge is 2.02.